The molecule has 5 nitrogen and oxygen atoms in total. The Morgan fingerprint density at radius 1 is 1.46 bits per heavy atom. The van der Waals surface area contributed by atoms with Crippen molar-refractivity contribution in [1.82, 2.24) is 9.80 Å². The molecule has 2 fully saturated rings. The minimum atomic E-state index is -0.335. The first kappa shape index (κ1) is 17.5. The van der Waals surface area contributed by atoms with E-state index in [1.807, 2.05) is 19.1 Å². The van der Waals surface area contributed by atoms with Crippen LogP contribution in [0, 0.1) is 11.3 Å². The molecule has 0 aliphatic carbocycles. The van der Waals surface area contributed by atoms with Crippen LogP contribution in [0.1, 0.15) is 39.4 Å². The number of carbonyl (C=O) groups is 1. The minimum absolute atomic E-state index is 0.0120. The minimum Gasteiger partial charge on any atom is -0.468 e. The van der Waals surface area contributed by atoms with E-state index in [9.17, 15) is 4.79 Å². The molecule has 0 saturated carbocycles. The van der Waals surface area contributed by atoms with Gasteiger partial charge in [0.1, 0.15) is 5.76 Å². The van der Waals surface area contributed by atoms with Crippen LogP contribution in [0.2, 0.25) is 0 Å². The van der Waals surface area contributed by atoms with E-state index in [2.05, 4.69) is 23.6 Å². The van der Waals surface area contributed by atoms with E-state index >= 15 is 0 Å². The van der Waals surface area contributed by atoms with Gasteiger partial charge in [-0.15, -0.1) is 0 Å². The van der Waals surface area contributed by atoms with Gasteiger partial charge in [0.2, 0.25) is 0 Å². The van der Waals surface area contributed by atoms with Crippen LogP contribution in [0.3, 0.4) is 0 Å². The van der Waals surface area contributed by atoms with Crippen LogP contribution in [0.4, 0.5) is 0 Å². The van der Waals surface area contributed by atoms with E-state index in [0.29, 0.717) is 18.6 Å². The molecule has 134 valence electrons. The maximum Gasteiger partial charge on any atom is 0.313 e. The second-order valence-electron chi connectivity index (χ2n) is 7.51. The molecule has 0 N–H and O–H groups in total. The van der Waals surface area contributed by atoms with Crippen molar-refractivity contribution in [3.05, 3.63) is 24.2 Å². The molecule has 2 saturated heterocycles. The summed E-state index contributed by atoms with van der Waals surface area (Å²) in [4.78, 5) is 17.7. The van der Waals surface area contributed by atoms with Gasteiger partial charge in [0.15, 0.2) is 0 Å². The summed E-state index contributed by atoms with van der Waals surface area (Å²) in [5.74, 6) is 1.34. The van der Waals surface area contributed by atoms with Crippen LogP contribution in [0.25, 0.3) is 0 Å². The van der Waals surface area contributed by atoms with Crippen molar-refractivity contribution in [2.45, 2.75) is 46.2 Å². The van der Waals surface area contributed by atoms with E-state index < -0.39 is 0 Å². The second-order valence-corrected chi connectivity index (χ2v) is 7.51. The summed E-state index contributed by atoms with van der Waals surface area (Å²) in [6, 6.07) is 4.42. The van der Waals surface area contributed by atoms with Gasteiger partial charge in [-0.3, -0.25) is 14.6 Å². The molecule has 0 unspecified atom stereocenters. The predicted octanol–water partition coefficient (Wildman–Crippen LogP) is 2.77. The molecule has 0 bridgehead atoms. The number of likely N-dealkylation sites (tertiary alicyclic amines) is 2. The molecule has 2 aliphatic heterocycles. The summed E-state index contributed by atoms with van der Waals surface area (Å²) in [7, 11) is 0. The lowest BCUT2D eigenvalue weighted by Gasteiger charge is -2.31. The third kappa shape index (κ3) is 3.38. The fourth-order valence-corrected chi connectivity index (χ4v) is 4.32. The first-order valence-corrected chi connectivity index (χ1v) is 9.21. The lowest BCUT2D eigenvalue weighted by molar-refractivity contribution is -0.157. The molecule has 2 atom stereocenters. The lowest BCUT2D eigenvalue weighted by Crippen LogP contribution is -2.42. The number of nitrogens with zero attached hydrogens (tertiary/aromatic N) is 2. The number of furan rings is 1. The Morgan fingerprint density at radius 2 is 2.29 bits per heavy atom. The molecule has 0 amide bonds. The van der Waals surface area contributed by atoms with E-state index in [-0.39, 0.29) is 11.4 Å². The topological polar surface area (TPSA) is 45.9 Å². The predicted molar refractivity (Wildman–Crippen MR) is 92.5 cm³/mol. The van der Waals surface area contributed by atoms with Gasteiger partial charge in [0.05, 0.1) is 24.8 Å². The molecule has 1 aromatic rings. The molecular formula is C19H30N2O3. The SMILES string of the molecule is CCOC(=O)[C@]12CCCN(Cc3ccco3)C[C@H]1CN(C(C)C)C2. The second kappa shape index (κ2) is 7.28. The molecular weight excluding hydrogens is 304 g/mol. The Kier molecular flexibility index (Phi) is 5.30. The van der Waals surface area contributed by atoms with Gasteiger partial charge in [0.25, 0.3) is 0 Å². The highest BCUT2D eigenvalue weighted by atomic mass is 16.5. The van der Waals surface area contributed by atoms with Gasteiger partial charge in [-0.25, -0.2) is 0 Å². The summed E-state index contributed by atoms with van der Waals surface area (Å²) in [6.07, 6.45) is 3.68. The van der Waals surface area contributed by atoms with Crippen molar-refractivity contribution >= 4 is 5.97 Å². The fourth-order valence-electron chi connectivity index (χ4n) is 4.32. The molecule has 3 rings (SSSR count). The van der Waals surface area contributed by atoms with E-state index in [0.717, 1.165) is 51.3 Å². The molecule has 0 spiro atoms. The van der Waals surface area contributed by atoms with E-state index in [4.69, 9.17) is 9.15 Å². The number of rotatable bonds is 5. The summed E-state index contributed by atoms with van der Waals surface area (Å²) in [5, 5.41) is 0. The van der Waals surface area contributed by atoms with Crippen molar-refractivity contribution in [2.24, 2.45) is 11.3 Å². The molecule has 0 aromatic carbocycles. The van der Waals surface area contributed by atoms with Crippen LogP contribution >= 0.6 is 0 Å². The third-order valence-corrected chi connectivity index (χ3v) is 5.67. The average molecular weight is 334 g/mol. The summed E-state index contributed by atoms with van der Waals surface area (Å²) in [5.41, 5.74) is -0.335. The zero-order valence-corrected chi connectivity index (χ0v) is 15.2. The van der Waals surface area contributed by atoms with Crippen molar-refractivity contribution < 1.29 is 13.9 Å². The number of hydrogen-bond donors (Lipinski definition) is 0. The monoisotopic (exact) mass is 334 g/mol. The smallest absolute Gasteiger partial charge is 0.313 e. The van der Waals surface area contributed by atoms with E-state index in [1.54, 1.807) is 6.26 Å². The van der Waals surface area contributed by atoms with Gasteiger partial charge in [-0.05, 0) is 52.3 Å². The van der Waals surface area contributed by atoms with Crippen molar-refractivity contribution in [2.75, 3.05) is 32.8 Å². The van der Waals surface area contributed by atoms with Gasteiger partial charge in [0, 0.05) is 31.6 Å². The molecule has 1 aromatic heterocycles. The zero-order valence-electron chi connectivity index (χ0n) is 15.2. The zero-order chi connectivity index (χ0) is 17.2. The Hall–Kier alpha value is -1.33. The maximum absolute atomic E-state index is 12.9. The van der Waals surface area contributed by atoms with Crippen molar-refractivity contribution in [3.63, 3.8) is 0 Å². The highest BCUT2D eigenvalue weighted by Crippen LogP contribution is 2.44. The number of ether oxygens (including phenoxy) is 1. The average Bonchev–Trinajstić information content (AvgIpc) is 3.13. The Labute approximate surface area is 144 Å². The lowest BCUT2D eigenvalue weighted by atomic mass is 9.75. The van der Waals surface area contributed by atoms with E-state index in [1.165, 1.54) is 0 Å². The maximum atomic E-state index is 12.9. The van der Waals surface area contributed by atoms with Crippen LogP contribution in [0.15, 0.2) is 22.8 Å². The van der Waals surface area contributed by atoms with Gasteiger partial charge >= 0.3 is 5.97 Å². The van der Waals surface area contributed by atoms with Crippen LogP contribution < -0.4 is 0 Å². The van der Waals surface area contributed by atoms with Crippen molar-refractivity contribution in [3.8, 4) is 0 Å². The Morgan fingerprint density at radius 3 is 2.96 bits per heavy atom. The van der Waals surface area contributed by atoms with Crippen molar-refractivity contribution in [1.29, 1.82) is 0 Å². The number of hydrogen-bond acceptors (Lipinski definition) is 5. The third-order valence-electron chi connectivity index (χ3n) is 5.67. The fraction of sp³-hybridized carbons (Fsp3) is 0.737. The van der Waals surface area contributed by atoms with Crippen LogP contribution in [0.5, 0.6) is 0 Å². The van der Waals surface area contributed by atoms with Gasteiger partial charge in [-0.1, -0.05) is 0 Å². The normalized spacial score (nSPS) is 28.8. The highest BCUT2D eigenvalue weighted by Gasteiger charge is 2.54. The first-order chi connectivity index (χ1) is 11.5. The summed E-state index contributed by atoms with van der Waals surface area (Å²) in [6.45, 7) is 11.4. The van der Waals surface area contributed by atoms with Crippen LogP contribution in [-0.4, -0.2) is 54.6 Å². The highest BCUT2D eigenvalue weighted by molar-refractivity contribution is 5.78. The first-order valence-electron chi connectivity index (χ1n) is 9.21. The molecule has 3 heterocycles. The van der Waals surface area contributed by atoms with Gasteiger partial charge in [-0.2, -0.15) is 0 Å². The van der Waals surface area contributed by atoms with Crippen LogP contribution in [-0.2, 0) is 16.1 Å². The molecule has 0 radical (unpaired) electrons. The number of esters is 1. The Balaban J connectivity index is 1.79. The largest absolute Gasteiger partial charge is 0.468 e. The quantitative estimate of drug-likeness (QED) is 0.775. The summed E-state index contributed by atoms with van der Waals surface area (Å²) >= 11 is 0. The molecule has 2 aliphatic rings. The number of carbonyl (C=O) groups excluding carboxylic acids is 1. The standard InChI is InChI=1S/C19H30N2O3/c1-4-23-18(22)19-8-6-9-20(13-17-7-5-10-24-17)11-16(19)12-21(14-19)15(2)3/h5,7,10,15-16H,4,6,8-9,11-14H2,1-3H3/t16-,19-/m0/s1. The van der Waals surface area contributed by atoms with Gasteiger partial charge < -0.3 is 9.15 Å². The summed E-state index contributed by atoms with van der Waals surface area (Å²) < 4.78 is 11.0. The number of fused-ring (bicyclic) bond motifs is 1. The Bertz CT molecular complexity index is 543. The molecule has 5 heteroatoms. The molecule has 24 heavy (non-hydrogen) atoms.